The molecular formula is C18H11F3N4O. The first kappa shape index (κ1) is 16.1. The van der Waals surface area contributed by atoms with Crippen LogP contribution in [0.15, 0.2) is 67.1 Å². The van der Waals surface area contributed by atoms with E-state index in [4.69, 9.17) is 0 Å². The molecule has 4 rings (SSSR count). The van der Waals surface area contributed by atoms with Crippen LogP contribution in [-0.4, -0.2) is 26.1 Å². The Hall–Kier alpha value is -3.42. The summed E-state index contributed by atoms with van der Waals surface area (Å²) in [7, 11) is 0. The van der Waals surface area contributed by atoms with Gasteiger partial charge in [0.1, 0.15) is 5.75 Å². The first-order valence-corrected chi connectivity index (χ1v) is 7.61. The number of alkyl halides is 3. The normalized spacial score (nSPS) is 11.7. The number of para-hydroxylation sites is 2. The smallest absolute Gasteiger partial charge is 0.406 e. The van der Waals surface area contributed by atoms with Crippen molar-refractivity contribution in [2.75, 3.05) is 0 Å². The lowest BCUT2D eigenvalue weighted by Gasteiger charge is -2.09. The molecule has 0 unspecified atom stereocenters. The van der Waals surface area contributed by atoms with E-state index in [0.29, 0.717) is 11.4 Å². The lowest BCUT2D eigenvalue weighted by Crippen LogP contribution is -2.17. The van der Waals surface area contributed by atoms with Gasteiger partial charge in [-0.1, -0.05) is 12.1 Å². The van der Waals surface area contributed by atoms with Crippen LogP contribution in [0.25, 0.3) is 28.0 Å². The number of hydrogen-bond acceptors (Lipinski definition) is 4. The van der Waals surface area contributed by atoms with Gasteiger partial charge in [-0.05, 0) is 36.4 Å². The molecule has 8 heteroatoms. The molecule has 0 aliphatic carbocycles. The molecule has 0 N–H and O–H groups in total. The van der Waals surface area contributed by atoms with Crippen LogP contribution in [0.3, 0.4) is 0 Å². The van der Waals surface area contributed by atoms with Crippen molar-refractivity contribution in [3.63, 3.8) is 0 Å². The number of ether oxygens (including phenoxy) is 1. The number of benzene rings is 2. The molecule has 0 fully saturated rings. The van der Waals surface area contributed by atoms with Gasteiger partial charge < -0.3 is 4.74 Å². The van der Waals surface area contributed by atoms with E-state index in [-0.39, 0.29) is 5.75 Å². The lowest BCUT2D eigenvalue weighted by molar-refractivity contribution is -0.274. The number of nitrogens with zero attached hydrogens (tertiary/aromatic N) is 4. The van der Waals surface area contributed by atoms with E-state index in [1.54, 1.807) is 23.3 Å². The molecule has 0 aliphatic heterocycles. The number of halogens is 3. The molecule has 26 heavy (non-hydrogen) atoms. The topological polar surface area (TPSA) is 52.8 Å². The van der Waals surface area contributed by atoms with Crippen molar-refractivity contribution in [3.8, 4) is 22.7 Å². The van der Waals surface area contributed by atoms with Gasteiger partial charge in [-0.15, -0.1) is 13.2 Å². The first-order valence-electron chi connectivity index (χ1n) is 7.61. The summed E-state index contributed by atoms with van der Waals surface area (Å²) in [6, 6.07) is 13.0. The summed E-state index contributed by atoms with van der Waals surface area (Å²) in [5.74, 6) is -0.283. The summed E-state index contributed by atoms with van der Waals surface area (Å²) in [6.07, 6.45) is 0.302. The maximum Gasteiger partial charge on any atom is 0.573 e. The molecule has 0 aliphatic rings. The van der Waals surface area contributed by atoms with Crippen LogP contribution in [0.4, 0.5) is 13.2 Å². The molecule has 0 saturated heterocycles. The Labute approximate surface area is 145 Å². The summed E-state index contributed by atoms with van der Waals surface area (Å²) in [5.41, 5.74) is 3.57. The predicted octanol–water partition coefficient (Wildman–Crippen LogP) is 4.38. The minimum Gasteiger partial charge on any atom is -0.406 e. The van der Waals surface area contributed by atoms with Crippen molar-refractivity contribution in [3.05, 3.63) is 67.1 Å². The Kier molecular flexibility index (Phi) is 3.80. The Morgan fingerprint density at radius 3 is 2.35 bits per heavy atom. The van der Waals surface area contributed by atoms with Gasteiger partial charge in [-0.25, -0.2) is 9.67 Å². The Balaban J connectivity index is 1.61. The molecular weight excluding hydrogens is 345 g/mol. The summed E-state index contributed by atoms with van der Waals surface area (Å²) in [5, 5.41) is 4.23. The maximum absolute atomic E-state index is 12.2. The van der Waals surface area contributed by atoms with Gasteiger partial charge in [0, 0.05) is 11.8 Å². The van der Waals surface area contributed by atoms with Crippen LogP contribution in [-0.2, 0) is 0 Å². The van der Waals surface area contributed by atoms with Gasteiger partial charge in [0.05, 0.1) is 34.8 Å². The third-order valence-electron chi connectivity index (χ3n) is 3.66. The molecule has 130 valence electrons. The standard InChI is InChI=1S/C18H11F3N4O/c19-18(20,21)26-14-7-5-13(6-8-14)25-11-12(9-23-25)17-10-22-15-3-1-2-4-16(15)24-17/h1-11H. The van der Waals surface area contributed by atoms with Crippen molar-refractivity contribution in [2.24, 2.45) is 0 Å². The highest BCUT2D eigenvalue weighted by molar-refractivity contribution is 5.76. The van der Waals surface area contributed by atoms with Crippen molar-refractivity contribution in [2.45, 2.75) is 6.36 Å². The SMILES string of the molecule is FC(F)(F)Oc1ccc(-n2cc(-c3cnc4ccccc4n3)cn2)cc1. The minimum absolute atomic E-state index is 0.283. The largest absolute Gasteiger partial charge is 0.573 e. The van der Waals surface area contributed by atoms with Crippen molar-refractivity contribution in [1.82, 2.24) is 19.7 Å². The van der Waals surface area contributed by atoms with Crippen LogP contribution in [0, 0.1) is 0 Å². The zero-order chi connectivity index (χ0) is 18.1. The second-order valence-electron chi connectivity index (χ2n) is 5.46. The third kappa shape index (κ3) is 3.34. The molecule has 0 amide bonds. The van der Waals surface area contributed by atoms with E-state index in [1.807, 2.05) is 24.3 Å². The van der Waals surface area contributed by atoms with Crippen LogP contribution in [0.5, 0.6) is 5.75 Å². The van der Waals surface area contributed by atoms with E-state index in [2.05, 4.69) is 19.8 Å². The number of aromatic nitrogens is 4. The summed E-state index contributed by atoms with van der Waals surface area (Å²) < 4.78 is 42.0. The summed E-state index contributed by atoms with van der Waals surface area (Å²) in [4.78, 5) is 8.91. The first-order chi connectivity index (χ1) is 12.5. The zero-order valence-electron chi connectivity index (χ0n) is 13.2. The fourth-order valence-electron chi connectivity index (χ4n) is 2.49. The molecule has 0 atom stereocenters. The molecule has 0 saturated carbocycles. The molecule has 0 bridgehead atoms. The lowest BCUT2D eigenvalue weighted by atomic mass is 10.2. The van der Waals surface area contributed by atoms with Crippen molar-refractivity contribution >= 4 is 11.0 Å². The van der Waals surface area contributed by atoms with Crippen LogP contribution >= 0.6 is 0 Å². The van der Waals surface area contributed by atoms with Gasteiger partial charge >= 0.3 is 6.36 Å². The van der Waals surface area contributed by atoms with Crippen molar-refractivity contribution < 1.29 is 17.9 Å². The highest BCUT2D eigenvalue weighted by Gasteiger charge is 2.30. The molecule has 5 nitrogen and oxygen atoms in total. The molecule has 0 radical (unpaired) electrons. The third-order valence-corrected chi connectivity index (χ3v) is 3.66. The second kappa shape index (κ2) is 6.14. The molecule has 2 aromatic heterocycles. The predicted molar refractivity (Wildman–Crippen MR) is 88.8 cm³/mol. The van der Waals surface area contributed by atoms with E-state index in [0.717, 1.165) is 16.6 Å². The van der Waals surface area contributed by atoms with Gasteiger partial charge in [-0.2, -0.15) is 5.10 Å². The van der Waals surface area contributed by atoms with Gasteiger partial charge in [0.2, 0.25) is 0 Å². The van der Waals surface area contributed by atoms with Gasteiger partial charge in [-0.3, -0.25) is 4.98 Å². The number of fused-ring (bicyclic) bond motifs is 1. The van der Waals surface area contributed by atoms with Gasteiger partial charge in [0.15, 0.2) is 0 Å². The summed E-state index contributed by atoms with van der Waals surface area (Å²) in [6.45, 7) is 0. The minimum atomic E-state index is -4.71. The quantitative estimate of drug-likeness (QED) is 0.547. The van der Waals surface area contributed by atoms with Gasteiger partial charge in [0.25, 0.3) is 0 Å². The molecule has 2 heterocycles. The maximum atomic E-state index is 12.2. The fourth-order valence-corrected chi connectivity index (χ4v) is 2.49. The fraction of sp³-hybridized carbons (Fsp3) is 0.0556. The van der Waals surface area contributed by atoms with E-state index in [1.165, 1.54) is 24.3 Å². The average Bonchev–Trinajstić information content (AvgIpc) is 3.11. The molecule has 2 aromatic carbocycles. The van der Waals surface area contributed by atoms with E-state index in [9.17, 15) is 13.2 Å². The van der Waals surface area contributed by atoms with E-state index >= 15 is 0 Å². The Morgan fingerprint density at radius 1 is 0.885 bits per heavy atom. The van der Waals surface area contributed by atoms with Crippen LogP contribution in [0.1, 0.15) is 0 Å². The molecule has 4 aromatic rings. The number of hydrogen-bond donors (Lipinski definition) is 0. The van der Waals surface area contributed by atoms with Crippen LogP contribution in [0.2, 0.25) is 0 Å². The monoisotopic (exact) mass is 356 g/mol. The highest BCUT2D eigenvalue weighted by atomic mass is 19.4. The summed E-state index contributed by atoms with van der Waals surface area (Å²) >= 11 is 0. The zero-order valence-corrected chi connectivity index (χ0v) is 13.2. The second-order valence-corrected chi connectivity index (χ2v) is 5.46. The van der Waals surface area contributed by atoms with E-state index < -0.39 is 6.36 Å². The number of rotatable bonds is 3. The Bertz CT molecular complexity index is 1060. The average molecular weight is 356 g/mol. The van der Waals surface area contributed by atoms with Crippen molar-refractivity contribution in [1.29, 1.82) is 0 Å². The highest BCUT2D eigenvalue weighted by Crippen LogP contribution is 2.24. The van der Waals surface area contributed by atoms with Crippen LogP contribution < -0.4 is 4.74 Å². The molecule has 0 spiro atoms. The Morgan fingerprint density at radius 2 is 1.62 bits per heavy atom.